The normalized spacial score (nSPS) is 13.5. The van der Waals surface area contributed by atoms with E-state index < -0.39 is 0 Å². The van der Waals surface area contributed by atoms with Gasteiger partial charge in [0, 0.05) is 54.6 Å². The van der Waals surface area contributed by atoms with Crippen molar-refractivity contribution < 1.29 is 9.53 Å². The largest absolute Gasteiger partial charge is 0.492 e. The summed E-state index contributed by atoms with van der Waals surface area (Å²) in [5.41, 5.74) is 3.04. The summed E-state index contributed by atoms with van der Waals surface area (Å²) in [6.07, 6.45) is 1.29. The molecule has 1 fully saturated rings. The molecule has 9 heteroatoms. The number of anilines is 1. The molecule has 202 valence electrons. The van der Waals surface area contributed by atoms with E-state index in [-0.39, 0.29) is 5.91 Å². The van der Waals surface area contributed by atoms with Gasteiger partial charge in [0.2, 0.25) is 5.91 Å². The van der Waals surface area contributed by atoms with E-state index in [4.69, 9.17) is 16.3 Å². The van der Waals surface area contributed by atoms with Crippen molar-refractivity contribution >= 4 is 35.0 Å². The lowest BCUT2D eigenvalue weighted by atomic mass is 10.2. The Hall–Kier alpha value is -3.49. The second-order valence-corrected chi connectivity index (χ2v) is 10.7. The first-order chi connectivity index (χ1) is 19.1. The van der Waals surface area contributed by atoms with Gasteiger partial charge in [-0.05, 0) is 61.9 Å². The first-order valence-corrected chi connectivity index (χ1v) is 14.6. The van der Waals surface area contributed by atoms with Crippen LogP contribution in [0.5, 0.6) is 5.75 Å². The molecule has 3 aromatic carbocycles. The number of carbonyl (C=O) groups is 1. The Bertz CT molecular complexity index is 1370. The van der Waals surface area contributed by atoms with E-state index in [2.05, 4.69) is 25.7 Å². The van der Waals surface area contributed by atoms with E-state index in [0.717, 1.165) is 72.0 Å². The number of para-hydroxylation sites is 3. The van der Waals surface area contributed by atoms with E-state index in [1.807, 2.05) is 84.6 Å². The maximum atomic E-state index is 13.0. The van der Waals surface area contributed by atoms with Crippen LogP contribution < -0.4 is 9.64 Å². The zero-order valence-corrected chi connectivity index (χ0v) is 23.6. The number of hydrogen-bond acceptors (Lipinski definition) is 6. The SMILES string of the molecule is CCOc1ccccc1N1CCN(C(=O)CCCSc2nnc(-c3ccc(Cl)cc3)n2-c2ccccc2)CC1. The molecule has 0 saturated carbocycles. The Morgan fingerprint density at radius 3 is 2.38 bits per heavy atom. The van der Waals surface area contributed by atoms with E-state index in [1.54, 1.807) is 11.8 Å². The molecule has 0 atom stereocenters. The molecule has 0 N–H and O–H groups in total. The van der Waals surface area contributed by atoms with Gasteiger partial charge < -0.3 is 14.5 Å². The molecule has 1 saturated heterocycles. The number of ether oxygens (including phenoxy) is 1. The third kappa shape index (κ3) is 6.57. The van der Waals surface area contributed by atoms with Gasteiger partial charge in [0.15, 0.2) is 11.0 Å². The van der Waals surface area contributed by atoms with Crippen LogP contribution in [0.2, 0.25) is 5.02 Å². The highest BCUT2D eigenvalue weighted by atomic mass is 35.5. The van der Waals surface area contributed by atoms with Crippen molar-refractivity contribution in [2.45, 2.75) is 24.9 Å². The molecule has 0 radical (unpaired) electrons. The van der Waals surface area contributed by atoms with Gasteiger partial charge >= 0.3 is 0 Å². The zero-order valence-electron chi connectivity index (χ0n) is 22.0. The number of thioether (sulfide) groups is 1. The Morgan fingerprint density at radius 2 is 1.64 bits per heavy atom. The maximum absolute atomic E-state index is 13.0. The minimum absolute atomic E-state index is 0.208. The summed E-state index contributed by atoms with van der Waals surface area (Å²) in [6.45, 7) is 5.68. The quantitative estimate of drug-likeness (QED) is 0.169. The summed E-state index contributed by atoms with van der Waals surface area (Å²) in [4.78, 5) is 17.2. The summed E-state index contributed by atoms with van der Waals surface area (Å²) in [6, 6.07) is 25.8. The lowest BCUT2D eigenvalue weighted by Gasteiger charge is -2.36. The molecular formula is C30H32ClN5O2S. The van der Waals surface area contributed by atoms with Gasteiger partial charge in [-0.3, -0.25) is 9.36 Å². The fourth-order valence-corrected chi connectivity index (χ4v) is 5.71. The zero-order chi connectivity index (χ0) is 27.0. The number of carbonyl (C=O) groups excluding carboxylic acids is 1. The van der Waals surface area contributed by atoms with Crippen LogP contribution >= 0.6 is 23.4 Å². The molecule has 39 heavy (non-hydrogen) atoms. The minimum Gasteiger partial charge on any atom is -0.492 e. The second kappa shape index (κ2) is 13.0. The van der Waals surface area contributed by atoms with Gasteiger partial charge in [0.05, 0.1) is 12.3 Å². The lowest BCUT2D eigenvalue weighted by Crippen LogP contribution is -2.48. The number of halogens is 1. The smallest absolute Gasteiger partial charge is 0.222 e. The van der Waals surface area contributed by atoms with E-state index in [9.17, 15) is 4.79 Å². The molecule has 4 aromatic rings. The first kappa shape index (κ1) is 27.1. The Labute approximate surface area is 238 Å². The molecule has 0 bridgehead atoms. The van der Waals surface area contributed by atoms with Gasteiger partial charge in [-0.1, -0.05) is 53.7 Å². The lowest BCUT2D eigenvalue weighted by molar-refractivity contribution is -0.131. The Morgan fingerprint density at radius 1 is 0.923 bits per heavy atom. The second-order valence-electron chi connectivity index (χ2n) is 9.20. The minimum atomic E-state index is 0.208. The van der Waals surface area contributed by atoms with Gasteiger partial charge in [-0.15, -0.1) is 10.2 Å². The number of nitrogens with zero attached hydrogens (tertiary/aromatic N) is 5. The van der Waals surface area contributed by atoms with Crippen LogP contribution in [0.15, 0.2) is 84.0 Å². The van der Waals surface area contributed by atoms with Crippen molar-refractivity contribution in [2.24, 2.45) is 0 Å². The monoisotopic (exact) mass is 561 g/mol. The summed E-state index contributed by atoms with van der Waals surface area (Å²) < 4.78 is 7.86. The number of aromatic nitrogens is 3. The highest BCUT2D eigenvalue weighted by Crippen LogP contribution is 2.30. The van der Waals surface area contributed by atoms with Gasteiger partial charge in [0.1, 0.15) is 5.75 Å². The van der Waals surface area contributed by atoms with Crippen molar-refractivity contribution in [3.8, 4) is 22.8 Å². The van der Waals surface area contributed by atoms with Crippen molar-refractivity contribution in [2.75, 3.05) is 43.4 Å². The van der Waals surface area contributed by atoms with Crippen LogP contribution in [0.4, 0.5) is 5.69 Å². The van der Waals surface area contributed by atoms with Crippen LogP contribution in [0.1, 0.15) is 19.8 Å². The van der Waals surface area contributed by atoms with Crippen molar-refractivity contribution in [1.82, 2.24) is 19.7 Å². The molecular weight excluding hydrogens is 530 g/mol. The van der Waals surface area contributed by atoms with Gasteiger partial charge in [-0.2, -0.15) is 0 Å². The Balaban J connectivity index is 1.16. The number of amides is 1. The number of hydrogen-bond donors (Lipinski definition) is 0. The number of rotatable bonds is 10. The molecule has 5 rings (SSSR count). The first-order valence-electron chi connectivity index (χ1n) is 13.3. The molecule has 0 aliphatic carbocycles. The highest BCUT2D eigenvalue weighted by Gasteiger charge is 2.23. The average molecular weight is 562 g/mol. The molecule has 7 nitrogen and oxygen atoms in total. The fraction of sp³-hybridized carbons (Fsp3) is 0.300. The Kier molecular flexibility index (Phi) is 9.06. The van der Waals surface area contributed by atoms with E-state index in [0.29, 0.717) is 18.1 Å². The standard InChI is InChI=1S/C30H32ClN5O2S/c1-2-38-27-12-7-6-11-26(27)34-18-20-35(21-19-34)28(37)13-8-22-39-30-33-32-29(23-14-16-24(31)17-15-23)36(30)25-9-4-3-5-10-25/h3-7,9-12,14-17H,2,8,13,18-22H2,1H3. The summed E-state index contributed by atoms with van der Waals surface area (Å²) in [5, 5.41) is 10.5. The van der Waals surface area contributed by atoms with Crippen LogP contribution in [0.25, 0.3) is 17.1 Å². The molecule has 2 heterocycles. The van der Waals surface area contributed by atoms with Crippen molar-refractivity contribution in [1.29, 1.82) is 0 Å². The molecule has 1 aromatic heterocycles. The predicted molar refractivity (Wildman–Crippen MR) is 158 cm³/mol. The van der Waals surface area contributed by atoms with Crippen LogP contribution in [-0.4, -0.2) is 64.1 Å². The highest BCUT2D eigenvalue weighted by molar-refractivity contribution is 7.99. The van der Waals surface area contributed by atoms with Crippen molar-refractivity contribution in [3.05, 3.63) is 83.9 Å². The summed E-state index contributed by atoms with van der Waals surface area (Å²) >= 11 is 7.72. The molecule has 1 aliphatic rings. The molecule has 1 amide bonds. The number of benzene rings is 3. The average Bonchev–Trinajstić information content (AvgIpc) is 3.40. The molecule has 0 unspecified atom stereocenters. The maximum Gasteiger partial charge on any atom is 0.222 e. The molecule has 1 aliphatic heterocycles. The van der Waals surface area contributed by atoms with E-state index in [1.165, 1.54) is 0 Å². The van der Waals surface area contributed by atoms with Gasteiger partial charge in [0.25, 0.3) is 0 Å². The van der Waals surface area contributed by atoms with Crippen LogP contribution in [0.3, 0.4) is 0 Å². The van der Waals surface area contributed by atoms with E-state index >= 15 is 0 Å². The third-order valence-corrected chi connectivity index (χ3v) is 7.92. The fourth-order valence-electron chi connectivity index (χ4n) is 4.70. The number of piperazine rings is 1. The summed E-state index contributed by atoms with van der Waals surface area (Å²) in [5.74, 6) is 2.65. The predicted octanol–water partition coefficient (Wildman–Crippen LogP) is 6.21. The molecule has 0 spiro atoms. The summed E-state index contributed by atoms with van der Waals surface area (Å²) in [7, 11) is 0. The van der Waals surface area contributed by atoms with Crippen molar-refractivity contribution in [3.63, 3.8) is 0 Å². The topological polar surface area (TPSA) is 63.5 Å². The van der Waals surface area contributed by atoms with Crippen LogP contribution in [0, 0.1) is 0 Å². The van der Waals surface area contributed by atoms with Gasteiger partial charge in [-0.25, -0.2) is 0 Å². The van der Waals surface area contributed by atoms with Crippen LogP contribution in [-0.2, 0) is 4.79 Å². The third-order valence-electron chi connectivity index (χ3n) is 6.65.